The summed E-state index contributed by atoms with van der Waals surface area (Å²) < 4.78 is 14.2. The van der Waals surface area contributed by atoms with Crippen LogP contribution in [-0.2, 0) is 16.0 Å². The standard InChI is InChI=1S/C52H59N9O9/c1-30(2)56-28-37(62)29-69-44-21-10-31(24-47(53)63)23-43(44)59-58-34-14-11-32(12-15-34)51(66)57-42(49(54)64)9-7-8-22-55-50(65)33-13-18-38(41(25-33)52(67)68)48-39-19-16-35(60(3)4)26-45(39)70-46-27-36(61(5)6)17-20-40(46)48/h10-21,23,25-27,30,37,42,56,62H,7-9,22,24,28-29H2,1-6H3,(H6-,53,54,55,57,63,64,65,66,67,68)/p+1/b59-58+. The minimum Gasteiger partial charge on any atom is -0.489 e. The van der Waals surface area contributed by atoms with Crippen molar-refractivity contribution >= 4 is 57.6 Å². The van der Waals surface area contributed by atoms with Gasteiger partial charge in [-0.15, -0.1) is 5.11 Å². The molecule has 0 bridgehead atoms. The van der Waals surface area contributed by atoms with E-state index < -0.39 is 41.7 Å². The smallest absolute Gasteiger partial charge is 0.336 e. The Labute approximate surface area is 405 Å². The molecule has 366 valence electrons. The number of rotatable bonds is 22. The molecule has 0 saturated carbocycles. The number of nitrogens with one attached hydrogen (secondary N) is 3. The van der Waals surface area contributed by atoms with E-state index in [4.69, 9.17) is 20.6 Å². The molecule has 1 heterocycles. The number of carboxylic acids is 1. The summed E-state index contributed by atoms with van der Waals surface area (Å²) >= 11 is 0. The fourth-order valence-corrected chi connectivity index (χ4v) is 7.58. The molecule has 4 amide bonds. The van der Waals surface area contributed by atoms with Crippen molar-refractivity contribution < 1.29 is 43.3 Å². The summed E-state index contributed by atoms with van der Waals surface area (Å²) in [4.78, 5) is 65.4. The largest absolute Gasteiger partial charge is 0.489 e. The van der Waals surface area contributed by atoms with E-state index in [9.17, 15) is 34.2 Å². The first-order valence-electron chi connectivity index (χ1n) is 22.8. The second-order valence-corrected chi connectivity index (χ2v) is 17.6. The number of aromatic carboxylic acids is 1. The maximum atomic E-state index is 13.4. The Kier molecular flexibility index (Phi) is 17.2. The van der Waals surface area contributed by atoms with Crippen LogP contribution in [0.25, 0.3) is 33.4 Å². The maximum absolute atomic E-state index is 13.4. The SMILES string of the molecule is CC(C)NCC(O)COc1ccc(CC(N)=O)cc1/N=N/c1ccc(C(=O)NC(CCCCNC(=O)c2ccc(-c3c4ccc(=[N+](C)C)cc-4oc4cc(N(C)C)ccc34)c(C(=O)O)c2)C(N)=O)cc1. The molecule has 6 rings (SSSR count). The second-order valence-electron chi connectivity index (χ2n) is 17.6. The number of anilines is 1. The van der Waals surface area contributed by atoms with Crippen LogP contribution in [0.2, 0.25) is 0 Å². The molecule has 4 aromatic rings. The van der Waals surface area contributed by atoms with E-state index in [0.717, 1.165) is 11.0 Å². The van der Waals surface area contributed by atoms with Gasteiger partial charge in [-0.3, -0.25) is 19.2 Å². The number of azo groups is 1. The highest BCUT2D eigenvalue weighted by Gasteiger charge is 2.24. The van der Waals surface area contributed by atoms with Crippen LogP contribution in [0.1, 0.15) is 69.7 Å². The van der Waals surface area contributed by atoms with Crippen LogP contribution in [0.3, 0.4) is 0 Å². The van der Waals surface area contributed by atoms with E-state index in [1.807, 2.05) is 87.9 Å². The number of unbranched alkanes of at least 4 members (excludes halogenated alkanes) is 1. The fourth-order valence-electron chi connectivity index (χ4n) is 7.58. The molecule has 70 heavy (non-hydrogen) atoms. The molecule has 2 unspecified atom stereocenters. The van der Waals surface area contributed by atoms with Gasteiger partial charge in [0.05, 0.1) is 23.7 Å². The summed E-state index contributed by atoms with van der Waals surface area (Å²) in [6.07, 6.45) is 0.229. The van der Waals surface area contributed by atoms with Crippen LogP contribution in [0.5, 0.6) is 5.75 Å². The van der Waals surface area contributed by atoms with Gasteiger partial charge in [-0.1, -0.05) is 26.0 Å². The molecule has 2 aliphatic rings. The zero-order chi connectivity index (χ0) is 50.6. The average Bonchev–Trinajstić information content (AvgIpc) is 3.32. The topological polar surface area (TPSA) is 267 Å². The summed E-state index contributed by atoms with van der Waals surface area (Å²) in [7, 11) is 7.69. The third-order valence-corrected chi connectivity index (χ3v) is 11.4. The quantitative estimate of drug-likeness (QED) is 0.0197. The monoisotopic (exact) mass is 954 g/mol. The number of amides is 4. The zero-order valence-corrected chi connectivity index (χ0v) is 40.1. The Morgan fingerprint density at radius 1 is 0.829 bits per heavy atom. The highest BCUT2D eigenvalue weighted by molar-refractivity contribution is 6.09. The molecule has 0 radical (unpaired) electrons. The number of carboxylic acid groups (broad SMARTS) is 1. The van der Waals surface area contributed by atoms with Crippen LogP contribution < -0.4 is 47.0 Å². The number of hydrogen-bond acceptors (Lipinski definition) is 12. The van der Waals surface area contributed by atoms with E-state index in [2.05, 4.69) is 26.2 Å². The minimum atomic E-state index is -1.20. The van der Waals surface area contributed by atoms with E-state index >= 15 is 0 Å². The van der Waals surface area contributed by atoms with Crippen molar-refractivity contribution in [3.05, 3.63) is 125 Å². The highest BCUT2D eigenvalue weighted by atomic mass is 16.5. The van der Waals surface area contributed by atoms with Gasteiger partial charge in [-0.2, -0.15) is 5.11 Å². The number of fused-ring (bicyclic) bond motifs is 2. The minimum absolute atomic E-state index is 0.0162. The van der Waals surface area contributed by atoms with E-state index in [1.165, 1.54) is 18.2 Å². The molecule has 18 heteroatoms. The van der Waals surface area contributed by atoms with Crippen molar-refractivity contribution in [1.29, 1.82) is 0 Å². The average molecular weight is 955 g/mol. The first kappa shape index (κ1) is 51.4. The normalized spacial score (nSPS) is 12.2. The predicted octanol–water partition coefficient (Wildman–Crippen LogP) is 5.37. The molecule has 0 fully saturated rings. The van der Waals surface area contributed by atoms with Crippen LogP contribution in [0.15, 0.2) is 112 Å². The molecule has 4 aromatic carbocycles. The Morgan fingerprint density at radius 3 is 2.23 bits per heavy atom. The molecule has 9 N–H and O–H groups in total. The summed E-state index contributed by atoms with van der Waals surface area (Å²) in [6, 6.07) is 26.4. The van der Waals surface area contributed by atoms with Crippen LogP contribution in [-0.4, -0.2) is 106 Å². The number of aliphatic hydroxyl groups is 1. The second kappa shape index (κ2) is 23.4. The van der Waals surface area contributed by atoms with Gasteiger partial charge in [0.15, 0.2) is 0 Å². The van der Waals surface area contributed by atoms with Gasteiger partial charge < -0.3 is 51.7 Å². The molecule has 0 saturated heterocycles. The zero-order valence-electron chi connectivity index (χ0n) is 40.1. The van der Waals surface area contributed by atoms with Crippen LogP contribution in [0.4, 0.5) is 17.1 Å². The lowest BCUT2D eigenvalue weighted by molar-refractivity contribution is -0.120. The number of aliphatic hydroxyl groups excluding tert-OH is 1. The van der Waals surface area contributed by atoms with E-state index in [0.29, 0.717) is 75.5 Å². The van der Waals surface area contributed by atoms with Crippen molar-refractivity contribution in [3.8, 4) is 28.2 Å². The van der Waals surface area contributed by atoms with E-state index in [1.54, 1.807) is 42.5 Å². The molecular weight excluding hydrogens is 895 g/mol. The van der Waals surface area contributed by atoms with Gasteiger partial charge >= 0.3 is 5.97 Å². The first-order valence-corrected chi connectivity index (χ1v) is 22.8. The predicted molar refractivity (Wildman–Crippen MR) is 268 cm³/mol. The third-order valence-electron chi connectivity index (χ3n) is 11.4. The van der Waals surface area contributed by atoms with Gasteiger partial charge in [0.25, 0.3) is 11.8 Å². The molecule has 1 aliphatic carbocycles. The van der Waals surface area contributed by atoms with Gasteiger partial charge in [-0.25, -0.2) is 9.37 Å². The van der Waals surface area contributed by atoms with Gasteiger partial charge in [-0.05, 0) is 97.1 Å². The third kappa shape index (κ3) is 13.4. The van der Waals surface area contributed by atoms with Crippen molar-refractivity contribution in [2.45, 2.75) is 57.7 Å². The lowest BCUT2D eigenvalue weighted by atomic mass is 9.89. The summed E-state index contributed by atoms with van der Waals surface area (Å²) in [5.74, 6) is -2.57. The maximum Gasteiger partial charge on any atom is 0.336 e. The van der Waals surface area contributed by atoms with Crippen molar-refractivity contribution in [1.82, 2.24) is 20.5 Å². The van der Waals surface area contributed by atoms with Gasteiger partial charge in [0.2, 0.25) is 17.2 Å². The number of carbonyl (C=O) groups is 5. The van der Waals surface area contributed by atoms with Crippen molar-refractivity contribution in [3.63, 3.8) is 0 Å². The first-order chi connectivity index (χ1) is 33.4. The Hall–Kier alpha value is -7.96. The lowest BCUT2D eigenvalue weighted by Crippen LogP contribution is -2.44. The molecule has 0 aromatic heterocycles. The van der Waals surface area contributed by atoms with Crippen molar-refractivity contribution in [2.24, 2.45) is 21.7 Å². The molecule has 0 spiro atoms. The highest BCUT2D eigenvalue weighted by Crippen LogP contribution is 2.42. The fraction of sp³-hybridized carbons (Fsp3) is 0.308. The molecule has 2 atom stereocenters. The Morgan fingerprint density at radius 2 is 1.56 bits per heavy atom. The number of ether oxygens (including phenoxy) is 1. The number of carbonyl (C=O) groups excluding carboxylic acids is 4. The number of benzene rings is 5. The van der Waals surface area contributed by atoms with E-state index in [-0.39, 0.29) is 48.7 Å². The lowest BCUT2D eigenvalue weighted by Gasteiger charge is -2.19. The number of nitrogens with zero attached hydrogens (tertiary/aromatic N) is 4. The molecular formula is C52H60N9O9+. The Bertz CT molecular complexity index is 2960. The number of hydrogen-bond donors (Lipinski definition) is 7. The van der Waals surface area contributed by atoms with Gasteiger partial charge in [0, 0.05) is 78.7 Å². The summed E-state index contributed by atoms with van der Waals surface area (Å²) in [6.45, 7) is 4.44. The van der Waals surface area contributed by atoms with Gasteiger partial charge in [0.1, 0.15) is 55.6 Å². The molecule has 18 nitrogen and oxygen atoms in total. The van der Waals surface area contributed by atoms with Crippen molar-refractivity contribution in [2.75, 3.05) is 52.8 Å². The van der Waals surface area contributed by atoms with Crippen LogP contribution in [0, 0.1) is 0 Å². The Balaban J connectivity index is 1.06. The van der Waals surface area contributed by atoms with Crippen LogP contribution >= 0.6 is 0 Å². The number of primary amides is 2. The summed E-state index contributed by atoms with van der Waals surface area (Å²) in [5, 5.41) is 39.7. The number of nitrogens with two attached hydrogens (primary N) is 2. The molecule has 1 aliphatic heterocycles. The summed E-state index contributed by atoms with van der Waals surface area (Å²) in [5.41, 5.74) is 16.0.